The summed E-state index contributed by atoms with van der Waals surface area (Å²) in [5.41, 5.74) is 1.27. The van der Waals surface area contributed by atoms with E-state index >= 15 is 0 Å². The van der Waals surface area contributed by atoms with Crippen LogP contribution in [0.3, 0.4) is 0 Å². The predicted molar refractivity (Wildman–Crippen MR) is 92.9 cm³/mol. The molecule has 0 saturated carbocycles. The lowest BCUT2D eigenvalue weighted by Crippen LogP contribution is -2.22. The van der Waals surface area contributed by atoms with E-state index in [1.807, 2.05) is 13.8 Å². The molecule has 0 unspecified atom stereocenters. The third kappa shape index (κ3) is 5.86. The lowest BCUT2D eigenvalue weighted by atomic mass is 10.0. The van der Waals surface area contributed by atoms with Crippen LogP contribution in [-0.2, 0) is 9.47 Å². The molecule has 2 nitrogen and oxygen atoms in total. The minimum absolute atomic E-state index is 0.0847. The summed E-state index contributed by atoms with van der Waals surface area (Å²) in [6.07, 6.45) is 5.84. The summed E-state index contributed by atoms with van der Waals surface area (Å²) >= 11 is 5.84. The van der Waals surface area contributed by atoms with E-state index in [1.165, 1.54) is 9.15 Å². The third-order valence-electron chi connectivity index (χ3n) is 3.16. The molecule has 1 fully saturated rings. The summed E-state index contributed by atoms with van der Waals surface area (Å²) in [4.78, 5) is 0. The van der Waals surface area contributed by atoms with Gasteiger partial charge in [-0.15, -0.1) is 0 Å². The molecule has 1 aliphatic heterocycles. The van der Waals surface area contributed by atoms with E-state index in [2.05, 4.69) is 71.4 Å². The number of alkyl halides is 1. The number of ether oxygens (including phenoxy) is 2. The number of hydrogen-bond acceptors (Lipinski definition) is 2. The second-order valence-electron chi connectivity index (χ2n) is 5.67. The van der Waals surface area contributed by atoms with Crippen LogP contribution in [0.5, 0.6) is 0 Å². The Labute approximate surface area is 139 Å². The van der Waals surface area contributed by atoms with Gasteiger partial charge in [-0.2, -0.15) is 0 Å². The molecule has 0 aromatic heterocycles. The fraction of sp³-hybridized carbons (Fsp3) is 0.733. The summed E-state index contributed by atoms with van der Waals surface area (Å²) in [5, 5.41) is 0.936. The zero-order chi connectivity index (χ0) is 14.6. The molecule has 110 valence electrons. The van der Waals surface area contributed by atoms with Crippen molar-refractivity contribution in [1.29, 1.82) is 0 Å². The van der Waals surface area contributed by atoms with Crippen LogP contribution in [0.4, 0.5) is 0 Å². The second-order valence-corrected chi connectivity index (χ2v) is 7.62. The first-order chi connectivity index (χ1) is 8.75. The van der Waals surface area contributed by atoms with Crippen LogP contribution >= 0.6 is 38.5 Å². The highest BCUT2D eigenvalue weighted by molar-refractivity contribution is 14.1. The van der Waals surface area contributed by atoms with Crippen molar-refractivity contribution in [2.24, 2.45) is 5.92 Å². The Morgan fingerprint density at radius 1 is 1.42 bits per heavy atom. The molecule has 1 heterocycles. The molecule has 1 aliphatic rings. The van der Waals surface area contributed by atoms with Gasteiger partial charge in [0.1, 0.15) is 6.10 Å². The van der Waals surface area contributed by atoms with E-state index in [1.54, 1.807) is 0 Å². The molecule has 0 radical (unpaired) electrons. The minimum atomic E-state index is -0.462. The van der Waals surface area contributed by atoms with E-state index < -0.39 is 5.79 Å². The molecule has 0 aromatic carbocycles. The van der Waals surface area contributed by atoms with Gasteiger partial charge in [-0.3, -0.25) is 0 Å². The lowest BCUT2D eigenvalue weighted by Gasteiger charge is -2.17. The highest BCUT2D eigenvalue weighted by atomic mass is 127. The van der Waals surface area contributed by atoms with Gasteiger partial charge in [-0.05, 0) is 71.8 Å². The van der Waals surface area contributed by atoms with E-state index in [-0.39, 0.29) is 12.2 Å². The van der Waals surface area contributed by atoms with Gasteiger partial charge in [0.15, 0.2) is 5.79 Å². The van der Waals surface area contributed by atoms with Crippen molar-refractivity contribution in [3.63, 3.8) is 0 Å². The van der Waals surface area contributed by atoms with Crippen LogP contribution in [0, 0.1) is 5.92 Å². The van der Waals surface area contributed by atoms with Crippen LogP contribution < -0.4 is 0 Å². The Morgan fingerprint density at radius 2 is 2.05 bits per heavy atom. The van der Waals surface area contributed by atoms with Gasteiger partial charge >= 0.3 is 0 Å². The molecule has 0 N–H and O–H groups in total. The summed E-state index contributed by atoms with van der Waals surface area (Å²) in [6, 6.07) is 0. The maximum absolute atomic E-state index is 5.94. The fourth-order valence-corrected chi connectivity index (χ4v) is 3.11. The van der Waals surface area contributed by atoms with Gasteiger partial charge in [0.05, 0.1) is 6.10 Å². The first-order valence-electron chi connectivity index (χ1n) is 6.69. The molecular weight excluding hydrogens is 419 g/mol. The average Bonchev–Trinajstić information content (AvgIpc) is 2.59. The van der Waals surface area contributed by atoms with Crippen molar-refractivity contribution in [2.75, 3.05) is 5.33 Å². The van der Waals surface area contributed by atoms with E-state index in [0.717, 1.165) is 11.8 Å². The Bertz CT molecular complexity index is 363. The Kier molecular flexibility index (Phi) is 7.04. The van der Waals surface area contributed by atoms with Crippen LogP contribution in [0.2, 0.25) is 0 Å². The topological polar surface area (TPSA) is 18.5 Å². The van der Waals surface area contributed by atoms with Gasteiger partial charge < -0.3 is 9.47 Å². The van der Waals surface area contributed by atoms with Gasteiger partial charge in [0.2, 0.25) is 0 Å². The zero-order valence-electron chi connectivity index (χ0n) is 12.4. The smallest absolute Gasteiger partial charge is 0.164 e. The molecule has 0 amide bonds. The Morgan fingerprint density at radius 3 is 2.53 bits per heavy atom. The number of hydrogen-bond donors (Lipinski definition) is 0. The maximum Gasteiger partial charge on any atom is 0.164 e. The summed E-state index contributed by atoms with van der Waals surface area (Å²) < 4.78 is 13.1. The first-order valence-corrected chi connectivity index (χ1v) is 8.89. The first kappa shape index (κ1) is 17.7. The highest BCUT2D eigenvalue weighted by Crippen LogP contribution is 2.32. The van der Waals surface area contributed by atoms with Crippen molar-refractivity contribution in [3.05, 3.63) is 21.3 Å². The van der Waals surface area contributed by atoms with Crippen molar-refractivity contribution in [1.82, 2.24) is 0 Å². The number of halogens is 2. The minimum Gasteiger partial charge on any atom is -0.345 e. The molecule has 1 rings (SSSR count). The van der Waals surface area contributed by atoms with Gasteiger partial charge in [-0.1, -0.05) is 35.0 Å². The number of rotatable bonds is 5. The summed E-state index contributed by atoms with van der Waals surface area (Å²) in [5.74, 6) is 0.0841. The quantitative estimate of drug-likeness (QED) is 0.330. The van der Waals surface area contributed by atoms with Gasteiger partial charge in [0.25, 0.3) is 0 Å². The Balaban J connectivity index is 2.58. The van der Waals surface area contributed by atoms with Crippen LogP contribution in [0.1, 0.15) is 41.0 Å². The second kappa shape index (κ2) is 7.57. The molecular formula is C15H24BrIO2. The average molecular weight is 443 g/mol. The molecule has 4 heteroatoms. The molecule has 1 saturated heterocycles. The van der Waals surface area contributed by atoms with Crippen LogP contribution in [0.25, 0.3) is 0 Å². The molecule has 19 heavy (non-hydrogen) atoms. The van der Waals surface area contributed by atoms with Crippen molar-refractivity contribution >= 4 is 38.5 Å². The molecule has 0 bridgehead atoms. The molecule has 0 spiro atoms. The molecule has 0 aromatic rings. The monoisotopic (exact) mass is 442 g/mol. The van der Waals surface area contributed by atoms with Crippen LogP contribution in [-0.4, -0.2) is 23.3 Å². The van der Waals surface area contributed by atoms with E-state index in [0.29, 0.717) is 5.92 Å². The largest absolute Gasteiger partial charge is 0.345 e. The molecule has 0 aliphatic carbocycles. The normalized spacial score (nSPS) is 29.6. The summed E-state index contributed by atoms with van der Waals surface area (Å²) in [7, 11) is 0. The fourth-order valence-electron chi connectivity index (χ4n) is 2.31. The highest BCUT2D eigenvalue weighted by Gasteiger charge is 2.39. The van der Waals surface area contributed by atoms with Crippen molar-refractivity contribution < 1.29 is 9.47 Å². The number of allylic oxidation sites excluding steroid dienone is 3. The molecule has 3 atom stereocenters. The summed E-state index contributed by atoms with van der Waals surface area (Å²) in [6.45, 7) is 10.4. The van der Waals surface area contributed by atoms with Gasteiger partial charge in [-0.25, -0.2) is 0 Å². The van der Waals surface area contributed by atoms with Crippen molar-refractivity contribution in [2.45, 2.75) is 59.0 Å². The van der Waals surface area contributed by atoms with E-state index in [9.17, 15) is 0 Å². The third-order valence-corrected chi connectivity index (χ3v) is 5.55. The van der Waals surface area contributed by atoms with Gasteiger partial charge in [0, 0.05) is 5.33 Å². The SMILES string of the molecule is C/C(=C\C[C@@H](C)/C=C(/I)CBr)[C@H]1OC(C)(C)O[C@@H]1C. The Hall–Kier alpha value is 0.610. The van der Waals surface area contributed by atoms with Crippen LogP contribution in [0.15, 0.2) is 21.3 Å². The van der Waals surface area contributed by atoms with Crippen molar-refractivity contribution in [3.8, 4) is 0 Å². The standard InChI is InChI=1S/C15H24BrIO2/c1-10(8-13(17)9-16)6-7-11(2)14-12(3)18-15(4,5)19-14/h7-8,10,12,14H,6,9H2,1-5H3/b11-7+,13-8+/t10-,12-,14-/m1/s1. The maximum atomic E-state index is 5.94. The predicted octanol–water partition coefficient (Wildman–Crippen LogP) is 5.21. The van der Waals surface area contributed by atoms with E-state index in [4.69, 9.17) is 9.47 Å². The zero-order valence-corrected chi connectivity index (χ0v) is 16.1. The lowest BCUT2D eigenvalue weighted by molar-refractivity contribution is -0.142.